The molecule has 1 saturated carbocycles. The lowest BCUT2D eigenvalue weighted by atomic mass is 9.95. The second-order valence-corrected chi connectivity index (χ2v) is 5.64. The first-order valence-electron chi connectivity index (χ1n) is 5.78. The van der Waals surface area contributed by atoms with E-state index >= 15 is 0 Å². The minimum Gasteiger partial charge on any atom is -0.481 e. The predicted molar refractivity (Wildman–Crippen MR) is 64.8 cm³/mol. The van der Waals surface area contributed by atoms with Gasteiger partial charge in [0, 0.05) is 0 Å². The van der Waals surface area contributed by atoms with Crippen LogP contribution in [0.1, 0.15) is 12.8 Å². The predicted octanol–water partition coefficient (Wildman–Crippen LogP) is 1.56. The molecule has 0 aromatic carbocycles. The number of ether oxygens (including phenoxy) is 1. The molecular weight excluding hydrogens is 240 g/mol. The van der Waals surface area contributed by atoms with E-state index in [-0.39, 0.29) is 17.5 Å². The molecule has 3 atom stereocenters. The quantitative estimate of drug-likeness (QED) is 0.731. The Kier molecular flexibility index (Phi) is 4.23. The third-order valence-corrected chi connectivity index (χ3v) is 4.16. The Morgan fingerprint density at radius 3 is 2.76 bits per heavy atom. The van der Waals surface area contributed by atoms with Crippen molar-refractivity contribution in [3.63, 3.8) is 0 Å². The number of carbonyl (C=O) groups is 2. The number of carboxylic acid groups (broad SMARTS) is 1. The van der Waals surface area contributed by atoms with Crippen LogP contribution in [-0.2, 0) is 14.3 Å². The molecule has 2 aliphatic carbocycles. The minimum atomic E-state index is -0.971. The first kappa shape index (κ1) is 12.6. The van der Waals surface area contributed by atoms with Crippen LogP contribution in [0.25, 0.3) is 0 Å². The van der Waals surface area contributed by atoms with Gasteiger partial charge in [0.05, 0.1) is 12.4 Å². The zero-order valence-corrected chi connectivity index (χ0v) is 10.3. The third kappa shape index (κ3) is 3.57. The summed E-state index contributed by atoms with van der Waals surface area (Å²) in [5.74, 6) is 0.732. The van der Waals surface area contributed by atoms with Crippen molar-refractivity contribution in [3.8, 4) is 0 Å². The molecule has 4 nitrogen and oxygen atoms in total. The Labute approximate surface area is 104 Å². The number of hydrogen-bond donors (Lipinski definition) is 1. The number of hydrogen-bond acceptors (Lipinski definition) is 4. The lowest BCUT2D eigenvalue weighted by Gasteiger charge is -2.17. The van der Waals surface area contributed by atoms with Gasteiger partial charge < -0.3 is 9.84 Å². The summed E-state index contributed by atoms with van der Waals surface area (Å²) in [6.45, 7) is 0.639. The van der Waals surface area contributed by atoms with Crippen LogP contribution in [0.3, 0.4) is 0 Å². The largest absolute Gasteiger partial charge is 0.481 e. The van der Waals surface area contributed by atoms with Crippen molar-refractivity contribution < 1.29 is 19.4 Å². The van der Waals surface area contributed by atoms with Gasteiger partial charge >= 0.3 is 5.97 Å². The normalized spacial score (nSPS) is 29.8. The average molecular weight is 256 g/mol. The van der Waals surface area contributed by atoms with E-state index in [2.05, 4.69) is 12.2 Å². The highest BCUT2D eigenvalue weighted by Gasteiger charge is 2.35. The molecule has 0 aromatic heterocycles. The van der Waals surface area contributed by atoms with Crippen LogP contribution in [0.2, 0.25) is 0 Å². The first-order valence-corrected chi connectivity index (χ1v) is 6.77. The van der Waals surface area contributed by atoms with Crippen LogP contribution in [-0.4, -0.2) is 35.2 Å². The van der Waals surface area contributed by atoms with E-state index in [0.717, 1.165) is 18.2 Å². The maximum absolute atomic E-state index is 11.2. The molecular formula is C12H16O4S. The number of carbonyl (C=O) groups excluding carboxylic acids is 1. The molecule has 0 aromatic rings. The molecule has 1 fully saturated rings. The SMILES string of the molecule is O=C(O)CSC(=O)COCC1CC2C=CC1C2. The van der Waals surface area contributed by atoms with Crippen molar-refractivity contribution in [2.75, 3.05) is 19.0 Å². The van der Waals surface area contributed by atoms with Gasteiger partial charge in [-0.2, -0.15) is 0 Å². The summed E-state index contributed by atoms with van der Waals surface area (Å²) in [5.41, 5.74) is 0. The molecule has 1 N–H and O–H groups in total. The lowest BCUT2D eigenvalue weighted by molar-refractivity contribution is -0.134. The molecule has 17 heavy (non-hydrogen) atoms. The highest BCUT2D eigenvalue weighted by atomic mass is 32.2. The standard InChI is InChI=1S/C12H16O4S/c13-11(14)7-17-12(15)6-16-5-10-4-8-1-2-9(10)3-8/h1-2,8-10H,3-7H2,(H,13,14). The molecule has 5 heteroatoms. The van der Waals surface area contributed by atoms with Crippen LogP contribution in [0.4, 0.5) is 0 Å². The zero-order chi connectivity index (χ0) is 12.3. The van der Waals surface area contributed by atoms with Crippen LogP contribution in [0.5, 0.6) is 0 Å². The van der Waals surface area contributed by atoms with E-state index in [1.807, 2.05) is 0 Å². The molecule has 2 aliphatic rings. The smallest absolute Gasteiger partial charge is 0.313 e. The maximum atomic E-state index is 11.2. The number of fused-ring (bicyclic) bond motifs is 2. The summed E-state index contributed by atoms with van der Waals surface area (Å²) in [5, 5.41) is 8.21. The number of rotatable bonds is 6. The summed E-state index contributed by atoms with van der Waals surface area (Å²) in [7, 11) is 0. The summed E-state index contributed by atoms with van der Waals surface area (Å²) in [6.07, 6.45) is 6.92. The molecule has 0 spiro atoms. The number of aliphatic carboxylic acids is 1. The van der Waals surface area contributed by atoms with Crippen LogP contribution >= 0.6 is 11.8 Å². The molecule has 0 heterocycles. The van der Waals surface area contributed by atoms with Crippen molar-refractivity contribution in [1.29, 1.82) is 0 Å². The summed E-state index contributed by atoms with van der Waals surface area (Å²) < 4.78 is 5.37. The van der Waals surface area contributed by atoms with E-state index < -0.39 is 5.97 Å². The van der Waals surface area contributed by atoms with Gasteiger partial charge in [-0.1, -0.05) is 23.9 Å². The molecule has 0 saturated heterocycles. The number of carboxylic acids is 1. The topological polar surface area (TPSA) is 63.6 Å². The van der Waals surface area contributed by atoms with Crippen molar-refractivity contribution in [3.05, 3.63) is 12.2 Å². The Morgan fingerprint density at radius 2 is 2.18 bits per heavy atom. The van der Waals surface area contributed by atoms with Crippen molar-refractivity contribution in [2.24, 2.45) is 17.8 Å². The van der Waals surface area contributed by atoms with E-state index in [1.54, 1.807) is 0 Å². The maximum Gasteiger partial charge on any atom is 0.313 e. The Balaban J connectivity index is 1.58. The monoisotopic (exact) mass is 256 g/mol. The lowest BCUT2D eigenvalue weighted by Crippen LogP contribution is -2.17. The van der Waals surface area contributed by atoms with Crippen molar-refractivity contribution in [2.45, 2.75) is 12.8 Å². The highest BCUT2D eigenvalue weighted by Crippen LogP contribution is 2.43. The molecule has 2 bridgehead atoms. The second-order valence-electron chi connectivity index (χ2n) is 4.61. The molecule has 3 unspecified atom stereocenters. The minimum absolute atomic E-state index is 0.0234. The molecule has 0 aliphatic heterocycles. The Hall–Kier alpha value is -0.810. The van der Waals surface area contributed by atoms with Gasteiger partial charge in [0.15, 0.2) is 0 Å². The van der Waals surface area contributed by atoms with Gasteiger partial charge in [-0.25, -0.2) is 0 Å². The van der Waals surface area contributed by atoms with Gasteiger partial charge in [-0.15, -0.1) is 0 Å². The van der Waals surface area contributed by atoms with E-state index in [0.29, 0.717) is 24.4 Å². The number of allylic oxidation sites excluding steroid dienone is 2. The summed E-state index contributed by atoms with van der Waals surface area (Å²) in [4.78, 5) is 21.5. The number of thioether (sulfide) groups is 1. The second kappa shape index (κ2) is 5.69. The zero-order valence-electron chi connectivity index (χ0n) is 9.50. The molecule has 2 rings (SSSR count). The molecule has 0 amide bonds. The van der Waals surface area contributed by atoms with Crippen molar-refractivity contribution in [1.82, 2.24) is 0 Å². The van der Waals surface area contributed by atoms with Gasteiger partial charge in [0.2, 0.25) is 5.12 Å². The van der Waals surface area contributed by atoms with E-state index in [9.17, 15) is 9.59 Å². The third-order valence-electron chi connectivity index (χ3n) is 3.32. The molecule has 94 valence electrons. The van der Waals surface area contributed by atoms with Gasteiger partial charge in [-0.3, -0.25) is 9.59 Å². The summed E-state index contributed by atoms with van der Waals surface area (Å²) in [6, 6.07) is 0. The molecule has 0 radical (unpaired) electrons. The Bertz CT molecular complexity index is 339. The van der Waals surface area contributed by atoms with Gasteiger partial charge in [0.1, 0.15) is 6.61 Å². The first-order chi connectivity index (χ1) is 8.15. The van der Waals surface area contributed by atoms with Crippen LogP contribution in [0, 0.1) is 17.8 Å². The fraction of sp³-hybridized carbons (Fsp3) is 0.667. The Morgan fingerprint density at radius 1 is 1.35 bits per heavy atom. The fourth-order valence-electron chi connectivity index (χ4n) is 2.56. The van der Waals surface area contributed by atoms with Gasteiger partial charge in [0.25, 0.3) is 0 Å². The average Bonchev–Trinajstić information content (AvgIpc) is 2.88. The van der Waals surface area contributed by atoms with E-state index in [1.165, 1.54) is 6.42 Å². The van der Waals surface area contributed by atoms with Gasteiger partial charge in [-0.05, 0) is 30.6 Å². The summed E-state index contributed by atoms with van der Waals surface area (Å²) >= 11 is 0.805. The fourth-order valence-corrected chi connectivity index (χ4v) is 3.01. The van der Waals surface area contributed by atoms with Crippen molar-refractivity contribution >= 4 is 22.8 Å². The highest BCUT2D eigenvalue weighted by molar-refractivity contribution is 8.14. The van der Waals surface area contributed by atoms with E-state index in [4.69, 9.17) is 9.84 Å². The van der Waals surface area contributed by atoms with Crippen LogP contribution in [0.15, 0.2) is 12.2 Å². The van der Waals surface area contributed by atoms with Crippen LogP contribution < -0.4 is 0 Å².